The first kappa shape index (κ1) is 18.2. The van der Waals surface area contributed by atoms with Gasteiger partial charge in [0.1, 0.15) is 5.84 Å². The van der Waals surface area contributed by atoms with E-state index in [1.807, 2.05) is 0 Å². The van der Waals surface area contributed by atoms with Crippen molar-refractivity contribution in [3.05, 3.63) is 65.2 Å². The van der Waals surface area contributed by atoms with E-state index in [0.717, 1.165) is 12.4 Å². The van der Waals surface area contributed by atoms with Crippen molar-refractivity contribution in [3.8, 4) is 0 Å². The Kier molecular flexibility index (Phi) is 5.58. The zero-order valence-electron chi connectivity index (χ0n) is 16.5. The minimum Gasteiger partial charge on any atom is -0.342 e. The second-order valence-electron chi connectivity index (χ2n) is 8.22. The first-order valence-electron chi connectivity index (χ1n) is 10.5. The van der Waals surface area contributed by atoms with Gasteiger partial charge in [0.15, 0.2) is 0 Å². The molecule has 4 rings (SSSR count). The lowest BCUT2D eigenvalue weighted by Gasteiger charge is -2.24. The van der Waals surface area contributed by atoms with Gasteiger partial charge in [0.25, 0.3) is 0 Å². The van der Waals surface area contributed by atoms with Crippen LogP contribution < -0.4 is 10.6 Å². The van der Waals surface area contributed by atoms with Crippen LogP contribution in [0.5, 0.6) is 0 Å². The summed E-state index contributed by atoms with van der Waals surface area (Å²) in [7, 11) is 0. The molecule has 2 aromatic carbocycles. The Labute approximate surface area is 163 Å². The van der Waals surface area contributed by atoms with Crippen LogP contribution in [0.4, 0.5) is 5.69 Å². The van der Waals surface area contributed by atoms with E-state index in [1.54, 1.807) is 0 Å². The summed E-state index contributed by atoms with van der Waals surface area (Å²) in [6.07, 6.45) is 6.39. The Hall–Kier alpha value is -2.13. The van der Waals surface area contributed by atoms with E-state index in [2.05, 4.69) is 73.0 Å². The van der Waals surface area contributed by atoms with Crippen molar-refractivity contribution in [1.82, 2.24) is 5.32 Å². The fourth-order valence-corrected chi connectivity index (χ4v) is 4.18. The van der Waals surface area contributed by atoms with Gasteiger partial charge >= 0.3 is 0 Å². The Morgan fingerprint density at radius 2 is 1.67 bits per heavy atom. The second kappa shape index (κ2) is 8.26. The van der Waals surface area contributed by atoms with Crippen LogP contribution in [0.1, 0.15) is 74.6 Å². The number of hydrogen-bond acceptors (Lipinski definition) is 2. The maximum atomic E-state index is 5.21. The van der Waals surface area contributed by atoms with Gasteiger partial charge in [-0.25, -0.2) is 0 Å². The highest BCUT2D eigenvalue weighted by Gasteiger charge is 2.24. The standard InChI is InChI=1S/C24H31N3/c1-17(2)18-12-14-19(15-13-18)23-24(26-21-9-4-3-5-10-21)27-22-11-7-6-8-20(22)16-25-23/h6-8,11-15,17,21,23,25H,3-5,9-10,16H2,1-2H3,(H,26,27). The summed E-state index contributed by atoms with van der Waals surface area (Å²) in [5.41, 5.74) is 5.15. The zero-order valence-corrected chi connectivity index (χ0v) is 16.5. The Morgan fingerprint density at radius 3 is 2.41 bits per heavy atom. The van der Waals surface area contributed by atoms with Gasteiger partial charge in [-0.15, -0.1) is 0 Å². The van der Waals surface area contributed by atoms with Crippen LogP contribution in [0.2, 0.25) is 0 Å². The number of amidine groups is 1. The molecule has 27 heavy (non-hydrogen) atoms. The van der Waals surface area contributed by atoms with E-state index < -0.39 is 0 Å². The lowest BCUT2D eigenvalue weighted by molar-refractivity contribution is 0.441. The molecule has 142 valence electrons. The van der Waals surface area contributed by atoms with Crippen molar-refractivity contribution in [2.45, 2.75) is 70.5 Å². The molecule has 1 aliphatic heterocycles. The van der Waals surface area contributed by atoms with Crippen LogP contribution >= 0.6 is 0 Å². The highest BCUT2D eigenvalue weighted by atomic mass is 15.1. The number of aliphatic imine (C=N–C) groups is 1. The molecular formula is C24H31N3. The SMILES string of the molecule is CC(C)c1ccc(C2NCc3ccccc3NC2=NC2CCCCC2)cc1. The fourth-order valence-electron chi connectivity index (χ4n) is 4.18. The number of para-hydroxylation sites is 1. The van der Waals surface area contributed by atoms with Gasteiger partial charge in [-0.3, -0.25) is 10.3 Å². The van der Waals surface area contributed by atoms with Gasteiger partial charge in [-0.2, -0.15) is 0 Å². The smallest absolute Gasteiger partial charge is 0.123 e. The number of benzene rings is 2. The average Bonchev–Trinajstić information content (AvgIpc) is 2.88. The van der Waals surface area contributed by atoms with Crippen molar-refractivity contribution >= 4 is 11.5 Å². The maximum Gasteiger partial charge on any atom is 0.123 e. The van der Waals surface area contributed by atoms with Crippen LogP contribution in [0, 0.1) is 0 Å². The summed E-state index contributed by atoms with van der Waals surface area (Å²) >= 11 is 0. The third-order valence-electron chi connectivity index (χ3n) is 5.88. The summed E-state index contributed by atoms with van der Waals surface area (Å²) in [6.45, 7) is 5.34. The number of nitrogens with one attached hydrogen (secondary N) is 2. The predicted octanol–water partition coefficient (Wildman–Crippen LogP) is 5.80. The molecule has 3 nitrogen and oxygen atoms in total. The van der Waals surface area contributed by atoms with Gasteiger partial charge in [0.05, 0.1) is 12.1 Å². The largest absolute Gasteiger partial charge is 0.342 e. The van der Waals surface area contributed by atoms with Crippen LogP contribution in [0.3, 0.4) is 0 Å². The Balaban J connectivity index is 1.67. The van der Waals surface area contributed by atoms with Crippen LogP contribution in [-0.4, -0.2) is 11.9 Å². The summed E-state index contributed by atoms with van der Waals surface area (Å²) in [4.78, 5) is 5.21. The minimum absolute atomic E-state index is 0.112. The average molecular weight is 362 g/mol. The number of anilines is 1. The molecule has 1 aliphatic carbocycles. The third kappa shape index (κ3) is 4.24. The van der Waals surface area contributed by atoms with Crippen LogP contribution in [0.15, 0.2) is 53.5 Å². The molecule has 1 saturated carbocycles. The molecule has 1 fully saturated rings. The maximum absolute atomic E-state index is 5.21. The predicted molar refractivity (Wildman–Crippen MR) is 114 cm³/mol. The molecular weight excluding hydrogens is 330 g/mol. The number of rotatable bonds is 3. The van der Waals surface area contributed by atoms with E-state index in [9.17, 15) is 0 Å². The van der Waals surface area contributed by atoms with E-state index >= 15 is 0 Å². The zero-order chi connectivity index (χ0) is 18.6. The van der Waals surface area contributed by atoms with E-state index in [0.29, 0.717) is 12.0 Å². The number of nitrogens with zero attached hydrogens (tertiary/aromatic N) is 1. The summed E-state index contributed by atoms with van der Waals surface area (Å²) in [5, 5.41) is 7.43. The van der Waals surface area contributed by atoms with Crippen molar-refractivity contribution < 1.29 is 0 Å². The van der Waals surface area contributed by atoms with Crippen molar-refractivity contribution in [2.24, 2.45) is 4.99 Å². The molecule has 1 atom stereocenters. The lowest BCUT2D eigenvalue weighted by atomic mass is 9.95. The summed E-state index contributed by atoms with van der Waals surface area (Å²) in [5.74, 6) is 1.63. The molecule has 0 radical (unpaired) electrons. The molecule has 1 unspecified atom stereocenters. The van der Waals surface area contributed by atoms with Crippen LogP contribution in [-0.2, 0) is 6.54 Å². The lowest BCUT2D eigenvalue weighted by Crippen LogP contribution is -2.31. The Morgan fingerprint density at radius 1 is 0.926 bits per heavy atom. The summed E-state index contributed by atoms with van der Waals surface area (Å²) < 4.78 is 0. The minimum atomic E-state index is 0.112. The quantitative estimate of drug-likeness (QED) is 0.725. The molecule has 3 heteroatoms. The molecule has 0 amide bonds. The molecule has 0 spiro atoms. The number of fused-ring (bicyclic) bond motifs is 1. The highest BCUT2D eigenvalue weighted by molar-refractivity contribution is 6.01. The van der Waals surface area contributed by atoms with Gasteiger partial charge < -0.3 is 5.32 Å². The molecule has 2 aliphatic rings. The molecule has 0 bridgehead atoms. The van der Waals surface area contributed by atoms with Crippen LogP contribution in [0.25, 0.3) is 0 Å². The normalized spacial score (nSPS) is 22.3. The molecule has 2 N–H and O–H groups in total. The second-order valence-corrected chi connectivity index (χ2v) is 8.22. The van der Waals surface area contributed by atoms with Gasteiger partial charge in [0.2, 0.25) is 0 Å². The van der Waals surface area contributed by atoms with Gasteiger partial charge in [-0.05, 0) is 41.5 Å². The Bertz CT molecular complexity index is 786. The molecule has 1 heterocycles. The van der Waals surface area contributed by atoms with Crippen molar-refractivity contribution in [3.63, 3.8) is 0 Å². The first-order chi connectivity index (χ1) is 13.2. The van der Waals surface area contributed by atoms with Crippen molar-refractivity contribution in [2.75, 3.05) is 5.32 Å². The van der Waals surface area contributed by atoms with Gasteiger partial charge in [0, 0.05) is 12.2 Å². The summed E-state index contributed by atoms with van der Waals surface area (Å²) in [6, 6.07) is 18.2. The first-order valence-corrected chi connectivity index (χ1v) is 10.5. The monoisotopic (exact) mass is 361 g/mol. The highest BCUT2D eigenvalue weighted by Crippen LogP contribution is 2.28. The van der Waals surface area contributed by atoms with E-state index in [-0.39, 0.29) is 6.04 Å². The molecule has 0 saturated heterocycles. The van der Waals surface area contributed by atoms with Crippen molar-refractivity contribution in [1.29, 1.82) is 0 Å². The van der Waals surface area contributed by atoms with Gasteiger partial charge in [-0.1, -0.05) is 75.6 Å². The molecule has 2 aromatic rings. The van der Waals surface area contributed by atoms with E-state index in [1.165, 1.54) is 54.5 Å². The third-order valence-corrected chi connectivity index (χ3v) is 5.88. The number of hydrogen-bond donors (Lipinski definition) is 2. The fraction of sp³-hybridized carbons (Fsp3) is 0.458. The topological polar surface area (TPSA) is 36.4 Å². The molecule has 0 aromatic heterocycles. The van der Waals surface area contributed by atoms with E-state index in [4.69, 9.17) is 4.99 Å².